The molecule has 0 amide bonds. The third-order valence-corrected chi connectivity index (χ3v) is 3.18. The summed E-state index contributed by atoms with van der Waals surface area (Å²) in [4.78, 5) is 22.7. The Kier molecular flexibility index (Phi) is 5.61. The van der Waals surface area contributed by atoms with Crippen LogP contribution in [-0.4, -0.2) is 18.9 Å². The molecule has 1 aromatic rings. The van der Waals surface area contributed by atoms with E-state index in [1.807, 2.05) is 24.3 Å². The van der Waals surface area contributed by atoms with Gasteiger partial charge in [-0.15, -0.1) is 0 Å². The standard InChI is InChI=1S/C13H15IO3/c1-9(15)7-11(13(16)17-2)8-10-3-5-12(14)6-4-10/h3-6,11H,7-8H2,1-2H3. The van der Waals surface area contributed by atoms with Gasteiger partial charge in [-0.05, 0) is 53.6 Å². The lowest BCUT2D eigenvalue weighted by Gasteiger charge is -2.13. The number of rotatable bonds is 5. The smallest absolute Gasteiger partial charge is 0.309 e. The molecule has 0 radical (unpaired) electrons. The lowest BCUT2D eigenvalue weighted by atomic mass is 9.95. The number of hydrogen-bond acceptors (Lipinski definition) is 3. The van der Waals surface area contributed by atoms with E-state index in [4.69, 9.17) is 4.74 Å². The zero-order valence-electron chi connectivity index (χ0n) is 9.90. The van der Waals surface area contributed by atoms with Crippen molar-refractivity contribution < 1.29 is 14.3 Å². The molecular formula is C13H15IO3. The van der Waals surface area contributed by atoms with Gasteiger partial charge >= 0.3 is 5.97 Å². The zero-order chi connectivity index (χ0) is 12.8. The van der Waals surface area contributed by atoms with Crippen LogP contribution in [-0.2, 0) is 20.7 Å². The summed E-state index contributed by atoms with van der Waals surface area (Å²) >= 11 is 2.23. The summed E-state index contributed by atoms with van der Waals surface area (Å²) in [6.07, 6.45) is 0.780. The highest BCUT2D eigenvalue weighted by atomic mass is 127. The summed E-state index contributed by atoms with van der Waals surface area (Å²) in [7, 11) is 1.35. The molecule has 0 fully saturated rings. The first-order valence-electron chi connectivity index (χ1n) is 5.34. The average Bonchev–Trinajstić information content (AvgIpc) is 2.29. The number of halogens is 1. The number of carbonyl (C=O) groups is 2. The first-order chi connectivity index (χ1) is 8.02. The molecule has 0 saturated carbocycles. The Hall–Kier alpha value is -0.910. The fourth-order valence-electron chi connectivity index (χ4n) is 1.66. The molecule has 0 bridgehead atoms. The van der Waals surface area contributed by atoms with Crippen LogP contribution in [0.3, 0.4) is 0 Å². The number of ketones is 1. The van der Waals surface area contributed by atoms with Gasteiger partial charge in [0.25, 0.3) is 0 Å². The van der Waals surface area contributed by atoms with E-state index in [1.54, 1.807) is 0 Å². The Morgan fingerprint density at radius 1 is 1.29 bits per heavy atom. The van der Waals surface area contributed by atoms with Crippen LogP contribution in [0, 0.1) is 9.49 Å². The van der Waals surface area contributed by atoms with Gasteiger partial charge in [-0.25, -0.2) is 0 Å². The Morgan fingerprint density at radius 2 is 1.88 bits per heavy atom. The van der Waals surface area contributed by atoms with Gasteiger partial charge in [0, 0.05) is 9.99 Å². The second-order valence-corrected chi connectivity index (χ2v) is 5.20. The SMILES string of the molecule is COC(=O)C(CC(C)=O)Cc1ccc(I)cc1. The van der Waals surface area contributed by atoms with Crippen molar-refractivity contribution in [1.29, 1.82) is 0 Å². The molecule has 1 aromatic carbocycles. The number of benzene rings is 1. The molecule has 1 rings (SSSR count). The van der Waals surface area contributed by atoms with E-state index in [0.717, 1.165) is 9.13 Å². The van der Waals surface area contributed by atoms with E-state index >= 15 is 0 Å². The van der Waals surface area contributed by atoms with Crippen molar-refractivity contribution in [1.82, 2.24) is 0 Å². The molecule has 0 aliphatic rings. The third-order valence-electron chi connectivity index (χ3n) is 2.46. The number of esters is 1. The summed E-state index contributed by atoms with van der Waals surface area (Å²) < 4.78 is 5.86. The summed E-state index contributed by atoms with van der Waals surface area (Å²) in [5, 5.41) is 0. The molecule has 0 aliphatic carbocycles. The first-order valence-corrected chi connectivity index (χ1v) is 6.42. The summed E-state index contributed by atoms with van der Waals surface area (Å²) in [6, 6.07) is 7.91. The largest absolute Gasteiger partial charge is 0.469 e. The quantitative estimate of drug-likeness (QED) is 0.608. The van der Waals surface area contributed by atoms with Gasteiger partial charge in [-0.1, -0.05) is 12.1 Å². The molecule has 1 unspecified atom stereocenters. The highest BCUT2D eigenvalue weighted by Crippen LogP contribution is 2.16. The van der Waals surface area contributed by atoms with Crippen molar-refractivity contribution in [2.75, 3.05) is 7.11 Å². The number of Topliss-reactive ketones (excluding diaryl/α,β-unsaturated/α-hetero) is 1. The Labute approximate surface area is 115 Å². The van der Waals surface area contributed by atoms with E-state index in [1.165, 1.54) is 14.0 Å². The van der Waals surface area contributed by atoms with Crippen molar-refractivity contribution in [2.45, 2.75) is 19.8 Å². The van der Waals surface area contributed by atoms with Crippen molar-refractivity contribution >= 4 is 34.3 Å². The fourth-order valence-corrected chi connectivity index (χ4v) is 2.02. The van der Waals surface area contributed by atoms with E-state index < -0.39 is 0 Å². The highest BCUT2D eigenvalue weighted by Gasteiger charge is 2.21. The van der Waals surface area contributed by atoms with E-state index in [9.17, 15) is 9.59 Å². The van der Waals surface area contributed by atoms with Gasteiger partial charge < -0.3 is 9.53 Å². The van der Waals surface area contributed by atoms with Crippen molar-refractivity contribution in [2.24, 2.45) is 5.92 Å². The molecule has 3 nitrogen and oxygen atoms in total. The molecule has 0 spiro atoms. The maximum atomic E-state index is 11.5. The van der Waals surface area contributed by atoms with E-state index in [-0.39, 0.29) is 24.1 Å². The van der Waals surface area contributed by atoms with Gasteiger partial charge in [0.2, 0.25) is 0 Å². The van der Waals surface area contributed by atoms with Crippen molar-refractivity contribution in [3.05, 3.63) is 33.4 Å². The lowest BCUT2D eigenvalue weighted by molar-refractivity contribution is -0.147. The van der Waals surface area contributed by atoms with Gasteiger partial charge in [0.1, 0.15) is 5.78 Å². The van der Waals surface area contributed by atoms with Crippen LogP contribution in [0.25, 0.3) is 0 Å². The monoisotopic (exact) mass is 346 g/mol. The van der Waals surface area contributed by atoms with Crippen LogP contribution in [0.4, 0.5) is 0 Å². The van der Waals surface area contributed by atoms with Crippen molar-refractivity contribution in [3.8, 4) is 0 Å². The van der Waals surface area contributed by atoms with Crippen LogP contribution in [0.1, 0.15) is 18.9 Å². The summed E-state index contributed by atoms with van der Waals surface area (Å²) in [5.41, 5.74) is 1.04. The average molecular weight is 346 g/mol. The zero-order valence-corrected chi connectivity index (χ0v) is 12.1. The van der Waals surface area contributed by atoms with E-state index in [0.29, 0.717) is 6.42 Å². The highest BCUT2D eigenvalue weighted by molar-refractivity contribution is 14.1. The summed E-state index contributed by atoms with van der Waals surface area (Å²) in [5.74, 6) is -0.692. The molecule has 0 N–H and O–H groups in total. The molecule has 92 valence electrons. The minimum atomic E-state index is -0.377. The predicted molar refractivity (Wildman–Crippen MR) is 73.7 cm³/mol. The van der Waals surface area contributed by atoms with Gasteiger partial charge in [-0.2, -0.15) is 0 Å². The third kappa shape index (κ3) is 4.85. The first kappa shape index (κ1) is 14.2. The van der Waals surface area contributed by atoms with Crippen LogP contribution >= 0.6 is 22.6 Å². The van der Waals surface area contributed by atoms with Gasteiger partial charge in [0.05, 0.1) is 13.0 Å². The maximum Gasteiger partial charge on any atom is 0.309 e. The second kappa shape index (κ2) is 6.74. The van der Waals surface area contributed by atoms with Crippen LogP contribution in [0.15, 0.2) is 24.3 Å². The lowest BCUT2D eigenvalue weighted by Crippen LogP contribution is -2.21. The molecule has 0 aromatic heterocycles. The Morgan fingerprint density at radius 3 is 2.35 bits per heavy atom. The molecule has 0 heterocycles. The Bertz CT molecular complexity index is 398. The molecular weight excluding hydrogens is 331 g/mol. The Balaban J connectivity index is 2.75. The summed E-state index contributed by atoms with van der Waals surface area (Å²) in [6.45, 7) is 1.49. The molecule has 4 heteroatoms. The number of methoxy groups -OCH3 is 1. The number of ether oxygens (including phenoxy) is 1. The van der Waals surface area contributed by atoms with Crippen molar-refractivity contribution in [3.63, 3.8) is 0 Å². The molecule has 0 saturated heterocycles. The minimum Gasteiger partial charge on any atom is -0.469 e. The predicted octanol–water partition coefficient (Wildman–Crippen LogP) is 2.60. The number of carbonyl (C=O) groups excluding carboxylic acids is 2. The maximum absolute atomic E-state index is 11.5. The second-order valence-electron chi connectivity index (χ2n) is 3.96. The van der Waals surface area contributed by atoms with Crippen LogP contribution in [0.5, 0.6) is 0 Å². The van der Waals surface area contributed by atoms with Crippen LogP contribution in [0.2, 0.25) is 0 Å². The van der Waals surface area contributed by atoms with Gasteiger partial charge in [-0.3, -0.25) is 4.79 Å². The normalized spacial score (nSPS) is 11.9. The molecule has 0 aliphatic heterocycles. The molecule has 17 heavy (non-hydrogen) atoms. The van der Waals surface area contributed by atoms with Gasteiger partial charge in [0.15, 0.2) is 0 Å². The number of hydrogen-bond donors (Lipinski definition) is 0. The fraction of sp³-hybridized carbons (Fsp3) is 0.385. The minimum absolute atomic E-state index is 0.00547. The van der Waals surface area contributed by atoms with Crippen LogP contribution < -0.4 is 0 Å². The molecule has 1 atom stereocenters. The topological polar surface area (TPSA) is 43.4 Å². The van der Waals surface area contributed by atoms with E-state index in [2.05, 4.69) is 22.6 Å².